The Morgan fingerprint density at radius 1 is 0.743 bits per heavy atom. The van der Waals surface area contributed by atoms with E-state index in [-0.39, 0.29) is 11.8 Å². The van der Waals surface area contributed by atoms with Gasteiger partial charge >= 0.3 is 0 Å². The number of nitrogens with one attached hydrogen (secondary N) is 2. The van der Waals surface area contributed by atoms with Gasteiger partial charge in [0.25, 0.3) is 11.8 Å². The molecule has 0 aromatic heterocycles. The Balaban J connectivity index is 1.65. The van der Waals surface area contributed by atoms with Crippen molar-refractivity contribution in [1.82, 2.24) is 5.32 Å². The van der Waals surface area contributed by atoms with Gasteiger partial charge in [-0.3, -0.25) is 9.59 Å². The molecule has 0 heterocycles. The number of anilines is 2. The van der Waals surface area contributed by atoms with Gasteiger partial charge in [-0.05, 0) is 60.5 Å². The smallest absolute Gasteiger partial charge is 0.260 e. The van der Waals surface area contributed by atoms with E-state index < -0.39 is 0 Å². The van der Waals surface area contributed by atoms with Crippen LogP contribution in [0.1, 0.15) is 31.8 Å². The molecule has 4 aromatic rings. The maximum Gasteiger partial charge on any atom is 0.260 e. The van der Waals surface area contributed by atoms with Crippen molar-refractivity contribution < 1.29 is 9.59 Å². The molecular formula is C30H29N3O2. The minimum Gasteiger partial charge on any atom is -0.321 e. The average Bonchev–Trinajstić information content (AvgIpc) is 2.89. The third-order valence-electron chi connectivity index (χ3n) is 6.04. The summed E-state index contributed by atoms with van der Waals surface area (Å²) in [5.74, 6) is -0.459. The molecule has 0 bridgehead atoms. The first-order valence-electron chi connectivity index (χ1n) is 11.6. The Labute approximate surface area is 206 Å². The van der Waals surface area contributed by atoms with Gasteiger partial charge < -0.3 is 15.5 Å². The first-order valence-corrected chi connectivity index (χ1v) is 11.6. The van der Waals surface area contributed by atoms with Crippen LogP contribution in [0, 0.1) is 6.92 Å². The number of benzene rings is 4. The monoisotopic (exact) mass is 463 g/mol. The Hall–Kier alpha value is -4.22. The zero-order chi connectivity index (χ0) is 24.8. The minimum absolute atomic E-state index is 0.198. The van der Waals surface area contributed by atoms with Crippen molar-refractivity contribution in [1.29, 1.82) is 0 Å². The highest BCUT2D eigenvalue weighted by Gasteiger charge is 2.21. The second-order valence-electron chi connectivity index (χ2n) is 8.38. The summed E-state index contributed by atoms with van der Waals surface area (Å²) in [7, 11) is 3.63. The number of para-hydroxylation sites is 2. The summed E-state index contributed by atoms with van der Waals surface area (Å²) in [6, 6.07) is 30.4. The summed E-state index contributed by atoms with van der Waals surface area (Å²) in [6.07, 6.45) is 0. The molecule has 0 saturated carbocycles. The van der Waals surface area contributed by atoms with Crippen LogP contribution in [0.4, 0.5) is 11.4 Å². The fourth-order valence-corrected chi connectivity index (χ4v) is 4.23. The summed E-state index contributed by atoms with van der Waals surface area (Å²) >= 11 is 0. The van der Waals surface area contributed by atoms with Gasteiger partial charge in [0.1, 0.15) is 0 Å². The number of aryl methyl sites for hydroxylation is 1. The van der Waals surface area contributed by atoms with E-state index >= 15 is 0 Å². The molecule has 2 amide bonds. The van der Waals surface area contributed by atoms with Crippen LogP contribution >= 0.6 is 0 Å². The van der Waals surface area contributed by atoms with Crippen molar-refractivity contribution in [3.63, 3.8) is 0 Å². The molecule has 5 nitrogen and oxygen atoms in total. The van der Waals surface area contributed by atoms with Crippen LogP contribution in [0.2, 0.25) is 0 Å². The molecule has 2 N–H and O–H groups in total. The van der Waals surface area contributed by atoms with Crippen molar-refractivity contribution in [3.8, 4) is 11.1 Å². The highest BCUT2D eigenvalue weighted by molar-refractivity contribution is 6.14. The van der Waals surface area contributed by atoms with E-state index in [2.05, 4.69) is 10.6 Å². The van der Waals surface area contributed by atoms with Crippen molar-refractivity contribution >= 4 is 23.2 Å². The van der Waals surface area contributed by atoms with Gasteiger partial charge in [-0.15, -0.1) is 0 Å². The largest absolute Gasteiger partial charge is 0.321 e. The van der Waals surface area contributed by atoms with E-state index in [1.165, 1.54) is 0 Å². The van der Waals surface area contributed by atoms with E-state index in [4.69, 9.17) is 0 Å². The summed E-state index contributed by atoms with van der Waals surface area (Å²) in [5, 5.41) is 6.13. The van der Waals surface area contributed by atoms with Crippen LogP contribution in [0.3, 0.4) is 0 Å². The molecule has 35 heavy (non-hydrogen) atoms. The number of hydrogen-bond donors (Lipinski definition) is 2. The molecule has 5 heteroatoms. The Bertz CT molecular complexity index is 1360. The third kappa shape index (κ3) is 5.15. The van der Waals surface area contributed by atoms with Gasteiger partial charge in [-0.2, -0.15) is 0 Å². The fourth-order valence-electron chi connectivity index (χ4n) is 4.23. The van der Waals surface area contributed by atoms with Crippen LogP contribution < -0.4 is 15.5 Å². The van der Waals surface area contributed by atoms with Crippen molar-refractivity contribution in [2.45, 2.75) is 13.5 Å². The van der Waals surface area contributed by atoms with Crippen LogP contribution in [0.15, 0.2) is 97.1 Å². The molecule has 4 aromatic carbocycles. The van der Waals surface area contributed by atoms with E-state index in [1.807, 2.05) is 92.8 Å². The predicted molar refractivity (Wildman–Crippen MR) is 143 cm³/mol. The molecule has 0 aliphatic rings. The van der Waals surface area contributed by atoms with Crippen molar-refractivity contribution in [3.05, 3.63) is 119 Å². The number of amides is 2. The number of hydrogen-bond acceptors (Lipinski definition) is 3. The van der Waals surface area contributed by atoms with Crippen LogP contribution in [0.5, 0.6) is 0 Å². The lowest BCUT2D eigenvalue weighted by atomic mass is 9.95. The molecule has 4 rings (SSSR count). The molecule has 0 radical (unpaired) electrons. The maximum atomic E-state index is 13.5. The molecule has 0 spiro atoms. The molecule has 0 unspecified atom stereocenters. The number of carbonyl (C=O) groups is 2. The van der Waals surface area contributed by atoms with Gasteiger partial charge in [0, 0.05) is 24.8 Å². The van der Waals surface area contributed by atoms with E-state index in [9.17, 15) is 9.59 Å². The molecule has 0 aliphatic carbocycles. The van der Waals surface area contributed by atoms with Crippen LogP contribution in [0.25, 0.3) is 11.1 Å². The van der Waals surface area contributed by atoms with E-state index in [1.54, 1.807) is 30.1 Å². The third-order valence-corrected chi connectivity index (χ3v) is 6.04. The molecule has 176 valence electrons. The van der Waals surface area contributed by atoms with E-state index in [0.29, 0.717) is 23.4 Å². The topological polar surface area (TPSA) is 61.4 Å². The Morgan fingerprint density at radius 3 is 2.09 bits per heavy atom. The molecule has 0 aliphatic heterocycles. The quantitative estimate of drug-likeness (QED) is 0.358. The summed E-state index contributed by atoms with van der Waals surface area (Å²) in [4.78, 5) is 28.6. The highest BCUT2D eigenvalue weighted by Crippen LogP contribution is 2.29. The standard InChI is InChI=1S/C30H29N3O2/c1-21-12-4-6-14-23(21)24-15-7-8-16-25(24)29(34)32-27-18-10-9-17-26(27)30(35)33(3)28-19-11-5-13-22(28)20-31-2/h4-19,31H,20H2,1-3H3,(H,32,34). The lowest BCUT2D eigenvalue weighted by molar-refractivity contribution is 0.0993. The Kier molecular flexibility index (Phi) is 7.38. The molecular weight excluding hydrogens is 434 g/mol. The molecule has 0 saturated heterocycles. The number of rotatable bonds is 7. The molecule has 0 atom stereocenters. The Morgan fingerprint density at radius 2 is 1.34 bits per heavy atom. The normalized spacial score (nSPS) is 10.6. The number of nitrogens with zero attached hydrogens (tertiary/aromatic N) is 1. The lowest BCUT2D eigenvalue weighted by Gasteiger charge is -2.22. The second-order valence-corrected chi connectivity index (χ2v) is 8.38. The van der Waals surface area contributed by atoms with Gasteiger partial charge in [0.15, 0.2) is 0 Å². The van der Waals surface area contributed by atoms with Crippen LogP contribution in [-0.2, 0) is 6.54 Å². The maximum absolute atomic E-state index is 13.5. The van der Waals surface area contributed by atoms with Gasteiger partial charge in [0.2, 0.25) is 0 Å². The summed E-state index contributed by atoms with van der Waals surface area (Å²) < 4.78 is 0. The SMILES string of the molecule is CNCc1ccccc1N(C)C(=O)c1ccccc1NC(=O)c1ccccc1-c1ccccc1C. The second kappa shape index (κ2) is 10.8. The zero-order valence-corrected chi connectivity index (χ0v) is 20.2. The van der Waals surface area contributed by atoms with Gasteiger partial charge in [-0.1, -0.05) is 72.8 Å². The van der Waals surface area contributed by atoms with Crippen molar-refractivity contribution in [2.75, 3.05) is 24.3 Å². The van der Waals surface area contributed by atoms with E-state index in [0.717, 1.165) is 27.9 Å². The minimum atomic E-state index is -0.262. The van der Waals surface area contributed by atoms with Gasteiger partial charge in [0.05, 0.1) is 11.3 Å². The van der Waals surface area contributed by atoms with Gasteiger partial charge in [-0.25, -0.2) is 0 Å². The summed E-state index contributed by atoms with van der Waals surface area (Å²) in [6.45, 7) is 2.67. The fraction of sp³-hybridized carbons (Fsp3) is 0.133. The summed E-state index contributed by atoms with van der Waals surface area (Å²) in [5.41, 5.74) is 6.23. The van der Waals surface area contributed by atoms with Crippen LogP contribution in [-0.4, -0.2) is 25.9 Å². The first kappa shape index (κ1) is 23.9. The highest BCUT2D eigenvalue weighted by atomic mass is 16.2. The molecule has 0 fully saturated rings. The first-order chi connectivity index (χ1) is 17.0. The van der Waals surface area contributed by atoms with Crippen molar-refractivity contribution in [2.24, 2.45) is 0 Å². The lowest BCUT2D eigenvalue weighted by Crippen LogP contribution is -2.29. The number of carbonyl (C=O) groups excluding carboxylic acids is 2. The predicted octanol–water partition coefficient (Wildman–Crippen LogP) is 5.91. The zero-order valence-electron chi connectivity index (χ0n) is 20.2. The average molecular weight is 464 g/mol.